The number of ether oxygens (including phenoxy) is 2. The predicted molar refractivity (Wildman–Crippen MR) is 111 cm³/mol. The van der Waals surface area contributed by atoms with Crippen molar-refractivity contribution in [3.05, 3.63) is 72.4 Å². The van der Waals surface area contributed by atoms with E-state index in [9.17, 15) is 4.79 Å². The van der Waals surface area contributed by atoms with Crippen LogP contribution in [0.25, 0.3) is 16.9 Å². The van der Waals surface area contributed by atoms with Gasteiger partial charge in [0, 0.05) is 17.4 Å². The maximum Gasteiger partial charge on any atom is 0.345 e. The number of benzene rings is 2. The molecule has 0 aliphatic heterocycles. The number of para-hydroxylation sites is 1. The largest absolute Gasteiger partial charge is 0.497 e. The van der Waals surface area contributed by atoms with Crippen LogP contribution in [0.5, 0.6) is 5.75 Å². The minimum atomic E-state index is -0.472. The van der Waals surface area contributed by atoms with E-state index in [1.54, 1.807) is 24.7 Å². The summed E-state index contributed by atoms with van der Waals surface area (Å²) in [6.45, 7) is 2.03. The van der Waals surface area contributed by atoms with Crippen molar-refractivity contribution in [2.24, 2.45) is 0 Å². The number of esters is 1. The van der Waals surface area contributed by atoms with Crippen LogP contribution in [0.1, 0.15) is 17.3 Å². The van der Waals surface area contributed by atoms with Crippen molar-refractivity contribution in [3.63, 3.8) is 0 Å². The first-order valence-electron chi connectivity index (χ1n) is 9.22. The molecule has 7 nitrogen and oxygen atoms in total. The van der Waals surface area contributed by atoms with E-state index in [0.29, 0.717) is 17.0 Å². The van der Waals surface area contributed by atoms with E-state index in [0.717, 1.165) is 22.7 Å². The molecule has 0 saturated carbocycles. The lowest BCUT2D eigenvalue weighted by atomic mass is 10.1. The summed E-state index contributed by atoms with van der Waals surface area (Å²) in [6.07, 6.45) is 1.66. The number of carbonyl (C=O) groups is 1. The molecule has 4 aromatic rings. The average Bonchev–Trinajstić information content (AvgIpc) is 3.12. The number of anilines is 2. The number of hydrogen-bond donors (Lipinski definition) is 1. The van der Waals surface area contributed by atoms with Crippen LogP contribution in [0.4, 0.5) is 11.5 Å². The molecular formula is C22H20N4O3. The van der Waals surface area contributed by atoms with Crippen molar-refractivity contribution >= 4 is 23.1 Å². The number of rotatable bonds is 6. The molecule has 4 rings (SSSR count). The van der Waals surface area contributed by atoms with Gasteiger partial charge in [0.05, 0.1) is 19.4 Å². The first kappa shape index (κ1) is 18.5. The summed E-state index contributed by atoms with van der Waals surface area (Å²) in [4.78, 5) is 17.1. The van der Waals surface area contributed by atoms with Crippen molar-refractivity contribution in [2.75, 3.05) is 19.0 Å². The van der Waals surface area contributed by atoms with Gasteiger partial charge in [-0.05, 0) is 49.4 Å². The summed E-state index contributed by atoms with van der Waals surface area (Å²) in [5, 5.41) is 7.85. The summed E-state index contributed by atoms with van der Waals surface area (Å²) >= 11 is 0. The van der Waals surface area contributed by atoms with E-state index in [4.69, 9.17) is 9.47 Å². The number of carbonyl (C=O) groups excluding carboxylic acids is 1. The smallest absolute Gasteiger partial charge is 0.345 e. The molecule has 0 atom stereocenters. The maximum absolute atomic E-state index is 12.7. The Hall–Kier alpha value is -3.87. The van der Waals surface area contributed by atoms with Crippen LogP contribution in [0.15, 0.2) is 66.9 Å². The van der Waals surface area contributed by atoms with Crippen molar-refractivity contribution in [3.8, 4) is 17.0 Å². The van der Waals surface area contributed by atoms with Crippen molar-refractivity contribution < 1.29 is 14.3 Å². The van der Waals surface area contributed by atoms with E-state index in [1.165, 1.54) is 0 Å². The monoisotopic (exact) mass is 388 g/mol. The summed E-state index contributed by atoms with van der Waals surface area (Å²) < 4.78 is 12.1. The third-order valence-electron chi connectivity index (χ3n) is 4.42. The molecule has 0 radical (unpaired) electrons. The second-order valence-electron chi connectivity index (χ2n) is 6.23. The highest BCUT2D eigenvalue weighted by atomic mass is 16.5. The summed E-state index contributed by atoms with van der Waals surface area (Å²) in [6, 6.07) is 19.0. The molecule has 0 bridgehead atoms. The Morgan fingerprint density at radius 3 is 2.52 bits per heavy atom. The minimum Gasteiger partial charge on any atom is -0.497 e. The van der Waals surface area contributed by atoms with Gasteiger partial charge in [0.25, 0.3) is 0 Å². The molecule has 0 amide bonds. The van der Waals surface area contributed by atoms with Crippen LogP contribution in [0, 0.1) is 0 Å². The standard InChI is InChI=1S/C22H20N4O3/c1-3-29-22(27)19-20(24-16-7-5-4-6-8-16)25-26-18(13-14-23-21(19)26)15-9-11-17(28-2)12-10-15/h4-14H,3H2,1-2H3,(H,24,25). The number of methoxy groups -OCH3 is 1. The molecule has 29 heavy (non-hydrogen) atoms. The second-order valence-corrected chi connectivity index (χ2v) is 6.23. The lowest BCUT2D eigenvalue weighted by Crippen LogP contribution is -2.07. The van der Waals surface area contributed by atoms with Crippen LogP contribution in [-0.4, -0.2) is 34.3 Å². The Bertz CT molecular complexity index is 1140. The van der Waals surface area contributed by atoms with Gasteiger partial charge in [0.2, 0.25) is 0 Å². The minimum absolute atomic E-state index is 0.263. The molecule has 7 heteroatoms. The first-order chi connectivity index (χ1) is 14.2. The Morgan fingerprint density at radius 1 is 1.07 bits per heavy atom. The molecule has 2 heterocycles. The third kappa shape index (κ3) is 3.62. The van der Waals surface area contributed by atoms with Gasteiger partial charge in [-0.2, -0.15) is 0 Å². The Morgan fingerprint density at radius 2 is 1.83 bits per heavy atom. The van der Waals surface area contributed by atoms with Gasteiger partial charge in [0.15, 0.2) is 11.5 Å². The van der Waals surface area contributed by atoms with E-state index in [2.05, 4.69) is 15.4 Å². The summed E-state index contributed by atoms with van der Waals surface area (Å²) in [7, 11) is 1.63. The van der Waals surface area contributed by atoms with Crippen LogP contribution in [0.2, 0.25) is 0 Å². The Balaban J connectivity index is 1.87. The van der Waals surface area contributed by atoms with E-state index in [1.807, 2.05) is 60.7 Å². The first-order valence-corrected chi connectivity index (χ1v) is 9.22. The zero-order valence-corrected chi connectivity index (χ0v) is 16.1. The maximum atomic E-state index is 12.7. The zero-order chi connectivity index (χ0) is 20.2. The van der Waals surface area contributed by atoms with Gasteiger partial charge in [-0.1, -0.05) is 18.2 Å². The van der Waals surface area contributed by atoms with E-state index < -0.39 is 5.97 Å². The zero-order valence-electron chi connectivity index (χ0n) is 16.1. The number of nitrogens with zero attached hydrogens (tertiary/aromatic N) is 3. The van der Waals surface area contributed by atoms with Gasteiger partial charge in [0.1, 0.15) is 11.3 Å². The predicted octanol–water partition coefficient (Wildman–Crippen LogP) is 4.33. The molecule has 146 valence electrons. The fourth-order valence-corrected chi connectivity index (χ4v) is 3.06. The molecule has 1 N–H and O–H groups in total. The highest BCUT2D eigenvalue weighted by Crippen LogP contribution is 2.28. The quantitative estimate of drug-likeness (QED) is 0.496. The topological polar surface area (TPSA) is 77.8 Å². The number of nitrogens with one attached hydrogen (secondary N) is 1. The Kier molecular flexibility index (Phi) is 5.11. The molecule has 0 spiro atoms. The highest BCUT2D eigenvalue weighted by molar-refractivity contribution is 6.02. The van der Waals surface area contributed by atoms with Crippen LogP contribution in [0.3, 0.4) is 0 Å². The molecular weight excluding hydrogens is 368 g/mol. The lowest BCUT2D eigenvalue weighted by molar-refractivity contribution is 0.0529. The SMILES string of the molecule is CCOC(=O)c1c(Nc2ccccc2)nn2c(-c3ccc(OC)cc3)ccnc12. The van der Waals surface area contributed by atoms with E-state index >= 15 is 0 Å². The average molecular weight is 388 g/mol. The normalized spacial score (nSPS) is 10.7. The highest BCUT2D eigenvalue weighted by Gasteiger charge is 2.24. The van der Waals surface area contributed by atoms with Gasteiger partial charge in [-0.25, -0.2) is 14.3 Å². The fourth-order valence-electron chi connectivity index (χ4n) is 3.06. The van der Waals surface area contributed by atoms with Gasteiger partial charge < -0.3 is 14.8 Å². The van der Waals surface area contributed by atoms with Gasteiger partial charge in [-0.3, -0.25) is 0 Å². The lowest BCUT2D eigenvalue weighted by Gasteiger charge is -2.06. The van der Waals surface area contributed by atoms with Crippen LogP contribution < -0.4 is 10.1 Å². The Labute approximate surface area is 167 Å². The van der Waals surface area contributed by atoms with Crippen LogP contribution >= 0.6 is 0 Å². The van der Waals surface area contributed by atoms with Gasteiger partial charge in [-0.15, -0.1) is 5.10 Å². The number of hydrogen-bond acceptors (Lipinski definition) is 6. The van der Waals surface area contributed by atoms with Crippen molar-refractivity contribution in [1.82, 2.24) is 14.6 Å². The van der Waals surface area contributed by atoms with Gasteiger partial charge >= 0.3 is 5.97 Å². The summed E-state index contributed by atoms with van der Waals surface area (Å²) in [5.41, 5.74) is 3.25. The molecule has 2 aromatic carbocycles. The van der Waals surface area contributed by atoms with E-state index in [-0.39, 0.29) is 6.61 Å². The van der Waals surface area contributed by atoms with Crippen molar-refractivity contribution in [2.45, 2.75) is 6.92 Å². The third-order valence-corrected chi connectivity index (χ3v) is 4.42. The van der Waals surface area contributed by atoms with Crippen LogP contribution in [-0.2, 0) is 4.74 Å². The van der Waals surface area contributed by atoms with Crippen molar-refractivity contribution in [1.29, 1.82) is 0 Å². The molecule has 2 aromatic heterocycles. The molecule has 0 aliphatic rings. The number of fused-ring (bicyclic) bond motifs is 1. The second kappa shape index (κ2) is 8.02. The number of aromatic nitrogens is 3. The summed E-state index contributed by atoms with van der Waals surface area (Å²) in [5.74, 6) is 0.682. The fraction of sp³-hybridized carbons (Fsp3) is 0.136. The molecule has 0 fully saturated rings. The molecule has 0 unspecified atom stereocenters. The molecule has 0 saturated heterocycles. The molecule has 0 aliphatic carbocycles.